The molecule has 4 atom stereocenters. The van der Waals surface area contributed by atoms with E-state index in [2.05, 4.69) is 6.07 Å². The first-order valence-corrected chi connectivity index (χ1v) is 7.49. The number of aliphatic hydroxyl groups is 1. The third kappa shape index (κ3) is 1.96. The van der Waals surface area contributed by atoms with Gasteiger partial charge < -0.3 is 9.84 Å². The summed E-state index contributed by atoms with van der Waals surface area (Å²) in [5, 5.41) is 20.1. The lowest BCUT2D eigenvalue weighted by atomic mass is 9.68. The summed E-state index contributed by atoms with van der Waals surface area (Å²) in [6, 6.07) is 2.42. The number of hydrogen-bond donors (Lipinski definition) is 1. The molecule has 2 bridgehead atoms. The Morgan fingerprint density at radius 1 is 1.22 bits per heavy atom. The molecule has 18 heavy (non-hydrogen) atoms. The molecule has 100 valence electrons. The molecule has 2 saturated heterocycles. The minimum absolute atomic E-state index is 0.00825. The SMILES string of the molecule is N#CC1(C(O)CC2CCCCC2)CC2CCC1O2. The Balaban J connectivity index is 1.66. The van der Waals surface area contributed by atoms with E-state index in [1.165, 1.54) is 32.1 Å². The van der Waals surface area contributed by atoms with Gasteiger partial charge in [0.15, 0.2) is 0 Å². The lowest BCUT2D eigenvalue weighted by Crippen LogP contribution is -2.43. The van der Waals surface area contributed by atoms with Gasteiger partial charge in [0, 0.05) is 0 Å². The van der Waals surface area contributed by atoms with Crippen LogP contribution in [0.4, 0.5) is 0 Å². The highest BCUT2D eigenvalue weighted by Crippen LogP contribution is 2.51. The van der Waals surface area contributed by atoms with E-state index in [1.54, 1.807) is 0 Å². The minimum atomic E-state index is -0.597. The van der Waals surface area contributed by atoms with E-state index in [9.17, 15) is 10.4 Å². The van der Waals surface area contributed by atoms with Gasteiger partial charge in [0.25, 0.3) is 0 Å². The minimum Gasteiger partial charge on any atom is -0.391 e. The van der Waals surface area contributed by atoms with Crippen LogP contribution in [0.5, 0.6) is 0 Å². The average Bonchev–Trinajstić information content (AvgIpc) is 3.00. The van der Waals surface area contributed by atoms with Crippen molar-refractivity contribution >= 4 is 0 Å². The number of hydrogen-bond acceptors (Lipinski definition) is 3. The van der Waals surface area contributed by atoms with E-state index in [-0.39, 0.29) is 12.2 Å². The molecular weight excluding hydrogens is 226 g/mol. The highest BCUT2D eigenvalue weighted by atomic mass is 16.5. The fourth-order valence-electron chi connectivity index (χ4n) is 4.23. The molecule has 0 radical (unpaired) electrons. The van der Waals surface area contributed by atoms with Crippen molar-refractivity contribution in [2.75, 3.05) is 0 Å². The highest BCUT2D eigenvalue weighted by Gasteiger charge is 2.57. The van der Waals surface area contributed by atoms with Crippen LogP contribution in [0.3, 0.4) is 0 Å². The van der Waals surface area contributed by atoms with Crippen LogP contribution in [0.15, 0.2) is 0 Å². The second-order valence-electron chi connectivity index (χ2n) is 6.44. The van der Waals surface area contributed by atoms with Gasteiger partial charge in [-0.3, -0.25) is 0 Å². The summed E-state index contributed by atoms with van der Waals surface area (Å²) in [5.74, 6) is 0.623. The molecule has 3 nitrogen and oxygen atoms in total. The topological polar surface area (TPSA) is 53.2 Å². The van der Waals surface area contributed by atoms with Gasteiger partial charge in [0.05, 0.1) is 24.4 Å². The first-order chi connectivity index (χ1) is 8.74. The Hall–Kier alpha value is -0.590. The van der Waals surface area contributed by atoms with Gasteiger partial charge in [-0.25, -0.2) is 0 Å². The van der Waals surface area contributed by atoms with Crippen molar-refractivity contribution in [1.82, 2.24) is 0 Å². The zero-order valence-corrected chi connectivity index (χ0v) is 11.0. The fraction of sp³-hybridized carbons (Fsp3) is 0.933. The molecule has 2 aliphatic heterocycles. The maximum Gasteiger partial charge on any atom is 0.112 e. The number of ether oxygens (including phenoxy) is 1. The standard InChI is InChI=1S/C15H23NO2/c16-10-15(9-12-6-7-14(15)18-12)13(17)8-11-4-2-1-3-5-11/h11-14,17H,1-9H2. The van der Waals surface area contributed by atoms with Crippen molar-refractivity contribution in [3.05, 3.63) is 0 Å². The van der Waals surface area contributed by atoms with Crippen molar-refractivity contribution in [2.45, 2.75) is 76.1 Å². The molecule has 3 heteroatoms. The van der Waals surface area contributed by atoms with Gasteiger partial charge in [-0.15, -0.1) is 0 Å². The molecule has 0 aromatic heterocycles. The average molecular weight is 249 g/mol. The zero-order valence-electron chi connectivity index (χ0n) is 11.0. The predicted molar refractivity (Wildman–Crippen MR) is 67.8 cm³/mol. The predicted octanol–water partition coefficient (Wildman–Crippen LogP) is 2.78. The van der Waals surface area contributed by atoms with Gasteiger partial charge in [-0.05, 0) is 31.6 Å². The smallest absolute Gasteiger partial charge is 0.112 e. The molecule has 3 rings (SSSR count). The van der Waals surface area contributed by atoms with Crippen LogP contribution in [0.2, 0.25) is 0 Å². The second kappa shape index (κ2) is 4.83. The van der Waals surface area contributed by atoms with Gasteiger partial charge in [0.1, 0.15) is 5.41 Å². The largest absolute Gasteiger partial charge is 0.391 e. The third-order valence-corrected chi connectivity index (χ3v) is 5.33. The van der Waals surface area contributed by atoms with Crippen LogP contribution < -0.4 is 0 Å². The summed E-state index contributed by atoms with van der Waals surface area (Å²) in [7, 11) is 0. The van der Waals surface area contributed by atoms with Gasteiger partial charge in [0.2, 0.25) is 0 Å². The molecule has 2 heterocycles. The molecule has 0 amide bonds. The maximum atomic E-state index is 10.6. The lowest BCUT2D eigenvalue weighted by molar-refractivity contribution is -0.0102. The van der Waals surface area contributed by atoms with Crippen LogP contribution in [0.1, 0.15) is 57.8 Å². The molecule has 0 aromatic carbocycles. The molecule has 4 unspecified atom stereocenters. The summed E-state index contributed by atoms with van der Waals surface area (Å²) >= 11 is 0. The molecular formula is C15H23NO2. The first kappa shape index (κ1) is 12.4. The number of rotatable bonds is 3. The summed E-state index contributed by atoms with van der Waals surface area (Å²) in [5.41, 5.74) is -0.597. The van der Waals surface area contributed by atoms with E-state index in [0.29, 0.717) is 5.92 Å². The fourth-order valence-corrected chi connectivity index (χ4v) is 4.23. The van der Waals surface area contributed by atoms with E-state index in [1.807, 2.05) is 0 Å². The molecule has 3 aliphatic rings. The maximum absolute atomic E-state index is 10.6. The molecule has 0 spiro atoms. The zero-order chi connectivity index (χ0) is 12.6. The third-order valence-electron chi connectivity index (χ3n) is 5.33. The number of nitrogens with zero attached hydrogens (tertiary/aromatic N) is 1. The normalized spacial score (nSPS) is 41.8. The monoisotopic (exact) mass is 249 g/mol. The van der Waals surface area contributed by atoms with Gasteiger partial charge in [-0.1, -0.05) is 32.1 Å². The van der Waals surface area contributed by atoms with Crippen LogP contribution >= 0.6 is 0 Å². The second-order valence-corrected chi connectivity index (χ2v) is 6.44. The number of fused-ring (bicyclic) bond motifs is 2. The van der Waals surface area contributed by atoms with E-state index >= 15 is 0 Å². The Morgan fingerprint density at radius 3 is 2.56 bits per heavy atom. The number of nitriles is 1. The van der Waals surface area contributed by atoms with Gasteiger partial charge in [-0.2, -0.15) is 5.26 Å². The van der Waals surface area contributed by atoms with Crippen LogP contribution in [0.25, 0.3) is 0 Å². The summed E-state index contributed by atoms with van der Waals surface area (Å²) < 4.78 is 5.81. The first-order valence-electron chi connectivity index (χ1n) is 7.49. The Morgan fingerprint density at radius 2 is 2.00 bits per heavy atom. The molecule has 1 N–H and O–H groups in total. The van der Waals surface area contributed by atoms with Crippen LogP contribution in [-0.4, -0.2) is 23.4 Å². The molecule has 0 aromatic rings. The van der Waals surface area contributed by atoms with E-state index < -0.39 is 11.5 Å². The van der Waals surface area contributed by atoms with Crippen molar-refractivity contribution in [1.29, 1.82) is 5.26 Å². The van der Waals surface area contributed by atoms with Gasteiger partial charge >= 0.3 is 0 Å². The van der Waals surface area contributed by atoms with Crippen molar-refractivity contribution in [2.24, 2.45) is 11.3 Å². The summed E-state index contributed by atoms with van der Waals surface area (Å²) in [6.45, 7) is 0. The van der Waals surface area contributed by atoms with Crippen molar-refractivity contribution in [3.63, 3.8) is 0 Å². The Bertz CT molecular complexity index is 345. The summed E-state index contributed by atoms with van der Waals surface area (Å²) in [6.07, 6.45) is 9.71. The quantitative estimate of drug-likeness (QED) is 0.836. The Labute approximate surface area is 109 Å². The summed E-state index contributed by atoms with van der Waals surface area (Å²) in [4.78, 5) is 0. The van der Waals surface area contributed by atoms with Crippen LogP contribution in [0, 0.1) is 22.7 Å². The highest BCUT2D eigenvalue weighted by molar-refractivity contribution is 5.15. The molecule has 3 fully saturated rings. The molecule has 1 saturated carbocycles. The lowest BCUT2D eigenvalue weighted by Gasteiger charge is -2.35. The van der Waals surface area contributed by atoms with Crippen LogP contribution in [-0.2, 0) is 4.74 Å². The van der Waals surface area contributed by atoms with Crippen molar-refractivity contribution in [3.8, 4) is 6.07 Å². The van der Waals surface area contributed by atoms with E-state index in [0.717, 1.165) is 25.7 Å². The number of aliphatic hydroxyl groups excluding tert-OH is 1. The van der Waals surface area contributed by atoms with E-state index in [4.69, 9.17) is 4.74 Å². The van der Waals surface area contributed by atoms with Crippen molar-refractivity contribution < 1.29 is 9.84 Å². The Kier molecular flexibility index (Phi) is 3.34. The molecule has 1 aliphatic carbocycles.